The summed E-state index contributed by atoms with van der Waals surface area (Å²) in [6, 6.07) is 1.98. The van der Waals surface area contributed by atoms with Gasteiger partial charge in [0.15, 0.2) is 16.7 Å². The van der Waals surface area contributed by atoms with E-state index in [9.17, 15) is 17.6 Å². The monoisotopic (exact) mass is 332 g/mol. The Morgan fingerprint density at radius 2 is 2.00 bits per heavy atom. The number of nitrogens with one attached hydrogen (secondary N) is 1. The number of halogens is 5. The second-order valence-corrected chi connectivity index (χ2v) is 4.16. The Bertz CT molecular complexity index is 452. The molecule has 0 heterocycles. The molecule has 0 spiro atoms. The molecule has 1 aromatic rings. The molecule has 0 aliphatic carbocycles. The molecule has 1 aromatic carbocycles. The molecule has 0 amide bonds. The van der Waals surface area contributed by atoms with Crippen molar-refractivity contribution in [3.8, 4) is 5.75 Å². The van der Waals surface area contributed by atoms with E-state index >= 15 is 0 Å². The van der Waals surface area contributed by atoms with Gasteiger partial charge in [-0.15, -0.1) is 13.2 Å². The number of thiocarbonyl (C=S) groups is 1. The molecule has 0 fully saturated rings. The van der Waals surface area contributed by atoms with Crippen LogP contribution < -0.4 is 15.8 Å². The van der Waals surface area contributed by atoms with Crippen LogP contribution in [0.4, 0.5) is 23.2 Å². The van der Waals surface area contributed by atoms with Crippen molar-refractivity contribution in [2.24, 2.45) is 5.73 Å². The van der Waals surface area contributed by atoms with E-state index in [4.69, 9.17) is 5.73 Å². The van der Waals surface area contributed by atoms with Crippen LogP contribution in [-0.4, -0.2) is 11.5 Å². The molecule has 9 heteroatoms. The van der Waals surface area contributed by atoms with Gasteiger partial charge < -0.3 is 15.8 Å². The molecule has 0 unspecified atom stereocenters. The fourth-order valence-electron chi connectivity index (χ4n) is 1.01. The number of nitrogens with two attached hydrogens (primary N) is 1. The fourth-order valence-corrected chi connectivity index (χ4v) is 1.55. The molecule has 0 aromatic heterocycles. The maximum Gasteiger partial charge on any atom is 0.573 e. The molecular formula is C8H5BrF4N2OS. The minimum absolute atomic E-state index is 0.211. The first-order valence-electron chi connectivity index (χ1n) is 4.00. The zero-order chi connectivity index (χ0) is 13.2. The Morgan fingerprint density at radius 3 is 2.47 bits per heavy atom. The summed E-state index contributed by atoms with van der Waals surface area (Å²) in [6.45, 7) is 0. The van der Waals surface area contributed by atoms with Crippen molar-refractivity contribution in [2.75, 3.05) is 5.32 Å². The van der Waals surface area contributed by atoms with Gasteiger partial charge in [-0.1, -0.05) is 15.9 Å². The molecule has 0 saturated heterocycles. The molecule has 0 aliphatic heterocycles. The number of ether oxygens (including phenoxy) is 1. The van der Waals surface area contributed by atoms with Crippen molar-refractivity contribution in [3.05, 3.63) is 22.4 Å². The van der Waals surface area contributed by atoms with Crippen LogP contribution in [0, 0.1) is 5.82 Å². The SMILES string of the molecule is NC(=S)Nc1cc(Br)cc(F)c1OC(F)(F)F. The zero-order valence-corrected chi connectivity index (χ0v) is 10.3. The summed E-state index contributed by atoms with van der Waals surface area (Å²) < 4.78 is 53.2. The van der Waals surface area contributed by atoms with Crippen molar-refractivity contribution in [2.45, 2.75) is 6.36 Å². The first-order chi connectivity index (χ1) is 7.69. The fraction of sp³-hybridized carbons (Fsp3) is 0.125. The van der Waals surface area contributed by atoms with Crippen LogP contribution in [0.2, 0.25) is 0 Å². The van der Waals surface area contributed by atoms with Crippen LogP contribution in [0.5, 0.6) is 5.75 Å². The Labute approximate surface area is 107 Å². The largest absolute Gasteiger partial charge is 0.573 e. The minimum atomic E-state index is -5.01. The number of rotatable bonds is 2. The average Bonchev–Trinajstić information content (AvgIpc) is 2.08. The number of alkyl halides is 3. The minimum Gasteiger partial charge on any atom is -0.400 e. The predicted molar refractivity (Wildman–Crippen MR) is 61.2 cm³/mol. The second-order valence-electron chi connectivity index (χ2n) is 2.80. The summed E-state index contributed by atoms with van der Waals surface area (Å²) in [6.07, 6.45) is -5.01. The Balaban J connectivity index is 3.20. The molecule has 0 radical (unpaired) electrons. The molecule has 0 atom stereocenters. The topological polar surface area (TPSA) is 47.3 Å². The molecule has 3 N–H and O–H groups in total. The smallest absolute Gasteiger partial charge is 0.400 e. The van der Waals surface area contributed by atoms with Gasteiger partial charge in [0.2, 0.25) is 0 Å². The van der Waals surface area contributed by atoms with Gasteiger partial charge in [-0.3, -0.25) is 0 Å². The normalized spacial score (nSPS) is 11.1. The maximum absolute atomic E-state index is 13.3. The van der Waals surface area contributed by atoms with Crippen LogP contribution in [0.15, 0.2) is 16.6 Å². The van der Waals surface area contributed by atoms with Crippen LogP contribution >= 0.6 is 28.1 Å². The van der Waals surface area contributed by atoms with Gasteiger partial charge in [0.05, 0.1) is 5.69 Å². The second kappa shape index (κ2) is 5.05. The average molecular weight is 333 g/mol. The van der Waals surface area contributed by atoms with E-state index in [0.29, 0.717) is 0 Å². The summed E-state index contributed by atoms with van der Waals surface area (Å²) in [5.74, 6) is -2.22. The van der Waals surface area contributed by atoms with E-state index in [-0.39, 0.29) is 15.3 Å². The maximum atomic E-state index is 13.3. The van der Waals surface area contributed by atoms with Crippen molar-refractivity contribution in [1.29, 1.82) is 0 Å². The zero-order valence-electron chi connectivity index (χ0n) is 7.94. The van der Waals surface area contributed by atoms with Crippen LogP contribution in [0.25, 0.3) is 0 Å². The van der Waals surface area contributed by atoms with E-state index in [2.05, 4.69) is 38.2 Å². The van der Waals surface area contributed by atoms with Crippen molar-refractivity contribution in [3.63, 3.8) is 0 Å². The first-order valence-corrected chi connectivity index (χ1v) is 5.20. The Kier molecular flexibility index (Phi) is 4.15. The third-order valence-electron chi connectivity index (χ3n) is 1.48. The molecule has 0 bridgehead atoms. The van der Waals surface area contributed by atoms with Crippen molar-refractivity contribution < 1.29 is 22.3 Å². The van der Waals surface area contributed by atoms with Crippen molar-refractivity contribution in [1.82, 2.24) is 0 Å². The van der Waals surface area contributed by atoms with Crippen LogP contribution in [-0.2, 0) is 0 Å². The molecule has 3 nitrogen and oxygen atoms in total. The van der Waals surface area contributed by atoms with Gasteiger partial charge in [-0.25, -0.2) is 4.39 Å². The lowest BCUT2D eigenvalue weighted by molar-refractivity contribution is -0.275. The van der Waals surface area contributed by atoms with Gasteiger partial charge in [-0.05, 0) is 24.4 Å². The number of benzene rings is 1. The summed E-state index contributed by atoms with van der Waals surface area (Å²) in [4.78, 5) is 0. The molecular weight excluding hydrogens is 328 g/mol. The highest BCUT2D eigenvalue weighted by atomic mass is 79.9. The van der Waals surface area contributed by atoms with Gasteiger partial charge in [0, 0.05) is 4.47 Å². The highest BCUT2D eigenvalue weighted by Gasteiger charge is 2.34. The Hall–Kier alpha value is -1.09. The first kappa shape index (κ1) is 14.0. The lowest BCUT2D eigenvalue weighted by atomic mass is 10.3. The van der Waals surface area contributed by atoms with Gasteiger partial charge in [-0.2, -0.15) is 0 Å². The molecule has 1 rings (SSSR count). The summed E-state index contributed by atoms with van der Waals surface area (Å²) in [7, 11) is 0. The third kappa shape index (κ3) is 4.35. The van der Waals surface area contributed by atoms with E-state index in [1.807, 2.05) is 0 Å². The predicted octanol–water partition coefficient (Wildman–Crippen LogP) is 3.14. The van der Waals surface area contributed by atoms with Crippen molar-refractivity contribution >= 4 is 38.9 Å². The highest BCUT2D eigenvalue weighted by molar-refractivity contribution is 9.10. The number of hydrogen-bond donors (Lipinski definition) is 2. The molecule has 17 heavy (non-hydrogen) atoms. The lowest BCUT2D eigenvalue weighted by Gasteiger charge is -2.15. The molecule has 94 valence electrons. The number of hydrogen-bond acceptors (Lipinski definition) is 2. The summed E-state index contributed by atoms with van der Waals surface area (Å²) in [5, 5.41) is 1.88. The van der Waals surface area contributed by atoms with E-state index in [0.717, 1.165) is 12.1 Å². The van der Waals surface area contributed by atoms with Gasteiger partial charge >= 0.3 is 6.36 Å². The van der Waals surface area contributed by atoms with Crippen LogP contribution in [0.3, 0.4) is 0 Å². The lowest BCUT2D eigenvalue weighted by Crippen LogP contribution is -2.23. The van der Waals surface area contributed by atoms with Gasteiger partial charge in [0.1, 0.15) is 0 Å². The third-order valence-corrected chi connectivity index (χ3v) is 2.04. The van der Waals surface area contributed by atoms with E-state index in [1.54, 1.807) is 0 Å². The van der Waals surface area contributed by atoms with Crippen LogP contribution in [0.1, 0.15) is 0 Å². The quantitative estimate of drug-likeness (QED) is 0.645. The van der Waals surface area contributed by atoms with E-state index < -0.39 is 17.9 Å². The Morgan fingerprint density at radius 1 is 1.41 bits per heavy atom. The molecule has 0 saturated carbocycles. The summed E-state index contributed by atoms with van der Waals surface area (Å²) in [5.41, 5.74) is 4.79. The summed E-state index contributed by atoms with van der Waals surface area (Å²) >= 11 is 7.37. The highest BCUT2D eigenvalue weighted by Crippen LogP contribution is 2.35. The standard InChI is InChI=1S/C8H5BrF4N2OS/c9-3-1-4(10)6(16-8(11,12)13)5(2-3)15-7(14)17/h1-2H,(H3,14,15,17). The number of anilines is 1. The van der Waals surface area contributed by atoms with Gasteiger partial charge in [0.25, 0.3) is 0 Å². The van der Waals surface area contributed by atoms with E-state index in [1.165, 1.54) is 0 Å². The molecule has 0 aliphatic rings.